The number of rotatable bonds is 6. The van der Waals surface area contributed by atoms with E-state index in [0.29, 0.717) is 5.56 Å². The number of alkyl halides is 3. The Bertz CT molecular complexity index is 1300. The molecule has 0 aliphatic rings. The zero-order chi connectivity index (χ0) is 24.2. The summed E-state index contributed by atoms with van der Waals surface area (Å²) in [4.78, 5) is 25.1. The molecule has 0 unspecified atom stereocenters. The van der Waals surface area contributed by atoms with E-state index in [9.17, 15) is 31.2 Å². The summed E-state index contributed by atoms with van der Waals surface area (Å²) in [7, 11) is -3.27. The van der Waals surface area contributed by atoms with Crippen LogP contribution in [0.25, 0.3) is 0 Å². The summed E-state index contributed by atoms with van der Waals surface area (Å²) in [6, 6.07) is 16.3. The van der Waals surface area contributed by atoms with Gasteiger partial charge in [0.1, 0.15) is 0 Å². The van der Waals surface area contributed by atoms with Crippen LogP contribution in [0.4, 0.5) is 24.5 Å². The smallest absolute Gasteiger partial charge is 0.322 e. The summed E-state index contributed by atoms with van der Waals surface area (Å²) >= 11 is 0. The molecule has 2 amide bonds. The predicted molar refractivity (Wildman–Crippen MR) is 119 cm³/mol. The molecule has 6 nitrogen and oxygen atoms in total. The third kappa shape index (κ3) is 6.91. The average Bonchev–Trinajstić information content (AvgIpc) is 2.72. The molecule has 3 aromatic carbocycles. The highest BCUT2D eigenvalue weighted by Gasteiger charge is 2.30. The number of amides is 2. The van der Waals surface area contributed by atoms with Gasteiger partial charge in [-0.15, -0.1) is 0 Å². The van der Waals surface area contributed by atoms with Crippen LogP contribution in [0.2, 0.25) is 0 Å². The molecule has 2 N–H and O–H groups in total. The van der Waals surface area contributed by atoms with Crippen molar-refractivity contribution in [1.29, 1.82) is 0 Å². The second-order valence-electron chi connectivity index (χ2n) is 7.34. The van der Waals surface area contributed by atoms with Crippen molar-refractivity contribution in [3.8, 4) is 0 Å². The molecule has 172 valence electrons. The average molecular weight is 476 g/mol. The molecule has 33 heavy (non-hydrogen) atoms. The minimum atomic E-state index is -4.54. The summed E-state index contributed by atoms with van der Waals surface area (Å²) in [6.07, 6.45) is -3.45. The molecule has 10 heteroatoms. The summed E-state index contributed by atoms with van der Waals surface area (Å²) < 4.78 is 61.6. The van der Waals surface area contributed by atoms with E-state index >= 15 is 0 Å². The van der Waals surface area contributed by atoms with Crippen molar-refractivity contribution in [3.05, 3.63) is 95.1 Å². The molecule has 0 saturated carbocycles. The van der Waals surface area contributed by atoms with Crippen LogP contribution in [-0.4, -0.2) is 26.5 Å². The molecule has 0 atom stereocenters. The van der Waals surface area contributed by atoms with Crippen molar-refractivity contribution in [2.75, 3.05) is 16.9 Å². The van der Waals surface area contributed by atoms with Gasteiger partial charge in [-0.05, 0) is 54.1 Å². The second kappa shape index (κ2) is 9.45. The topological polar surface area (TPSA) is 92.3 Å². The van der Waals surface area contributed by atoms with Crippen LogP contribution in [0, 0.1) is 0 Å². The first-order chi connectivity index (χ1) is 15.4. The van der Waals surface area contributed by atoms with Crippen molar-refractivity contribution in [2.45, 2.75) is 11.9 Å². The van der Waals surface area contributed by atoms with Gasteiger partial charge in [0, 0.05) is 28.8 Å². The van der Waals surface area contributed by atoms with Gasteiger partial charge in [-0.1, -0.05) is 24.3 Å². The molecular formula is C23H19F3N2O4S. The summed E-state index contributed by atoms with van der Waals surface area (Å²) in [5.74, 6) is -1.37. The Morgan fingerprint density at radius 2 is 1.30 bits per heavy atom. The Hall–Kier alpha value is -3.66. The van der Waals surface area contributed by atoms with Crippen LogP contribution in [0.1, 0.15) is 31.8 Å². The number of carbonyl (C=O) groups is 2. The van der Waals surface area contributed by atoms with Gasteiger partial charge in [0.2, 0.25) is 0 Å². The first-order valence-corrected chi connectivity index (χ1v) is 11.6. The quantitative estimate of drug-likeness (QED) is 0.537. The number of carbonyl (C=O) groups excluding carboxylic acids is 2. The van der Waals surface area contributed by atoms with Gasteiger partial charge in [-0.2, -0.15) is 13.2 Å². The minimum Gasteiger partial charge on any atom is -0.322 e. The maximum Gasteiger partial charge on any atom is 0.416 e. The molecule has 3 aromatic rings. The van der Waals surface area contributed by atoms with Crippen LogP contribution in [0.15, 0.2) is 72.8 Å². The van der Waals surface area contributed by atoms with Gasteiger partial charge < -0.3 is 10.6 Å². The van der Waals surface area contributed by atoms with Crippen LogP contribution >= 0.6 is 0 Å². The predicted octanol–water partition coefficient (Wildman–Crippen LogP) is 4.75. The third-order valence-corrected chi connectivity index (χ3v) is 5.31. The molecule has 0 bridgehead atoms. The Morgan fingerprint density at radius 1 is 0.788 bits per heavy atom. The van der Waals surface area contributed by atoms with Gasteiger partial charge in [-0.3, -0.25) is 9.59 Å². The molecule has 0 radical (unpaired) electrons. The van der Waals surface area contributed by atoms with E-state index in [1.807, 2.05) is 0 Å². The number of halogens is 3. The largest absolute Gasteiger partial charge is 0.416 e. The van der Waals surface area contributed by atoms with Crippen molar-refractivity contribution in [1.82, 2.24) is 0 Å². The maximum atomic E-state index is 12.9. The zero-order valence-electron chi connectivity index (χ0n) is 17.3. The number of anilines is 2. The van der Waals surface area contributed by atoms with E-state index in [4.69, 9.17) is 0 Å². The SMILES string of the molecule is CS(=O)(=O)Cc1cccc(C(=O)Nc2cccc(C(=O)Nc3cccc(C(F)(F)F)c3)c2)c1. The summed E-state index contributed by atoms with van der Waals surface area (Å²) in [6.45, 7) is 0. The lowest BCUT2D eigenvalue weighted by atomic mass is 10.1. The van der Waals surface area contributed by atoms with Gasteiger partial charge >= 0.3 is 6.18 Å². The lowest BCUT2D eigenvalue weighted by Crippen LogP contribution is -2.15. The van der Waals surface area contributed by atoms with E-state index in [0.717, 1.165) is 18.4 Å². The number of sulfone groups is 1. The highest BCUT2D eigenvalue weighted by Crippen LogP contribution is 2.30. The van der Waals surface area contributed by atoms with Gasteiger partial charge in [0.15, 0.2) is 9.84 Å². The van der Waals surface area contributed by atoms with E-state index in [1.54, 1.807) is 18.2 Å². The molecule has 0 fully saturated rings. The number of hydrogen-bond acceptors (Lipinski definition) is 4. The van der Waals surface area contributed by atoms with Gasteiger partial charge in [-0.25, -0.2) is 8.42 Å². The Balaban J connectivity index is 1.73. The van der Waals surface area contributed by atoms with Gasteiger partial charge in [0.05, 0.1) is 11.3 Å². The molecular weight excluding hydrogens is 457 g/mol. The molecule has 0 aliphatic carbocycles. The van der Waals surface area contributed by atoms with Crippen molar-refractivity contribution >= 4 is 33.0 Å². The lowest BCUT2D eigenvalue weighted by Gasteiger charge is -2.11. The highest BCUT2D eigenvalue weighted by atomic mass is 32.2. The van der Waals surface area contributed by atoms with E-state index in [-0.39, 0.29) is 28.3 Å². The van der Waals surface area contributed by atoms with Gasteiger partial charge in [0.25, 0.3) is 11.8 Å². The molecule has 0 aliphatic heterocycles. The number of benzene rings is 3. The van der Waals surface area contributed by atoms with E-state index in [2.05, 4.69) is 10.6 Å². The monoisotopic (exact) mass is 476 g/mol. The molecule has 0 heterocycles. The van der Waals surface area contributed by atoms with Crippen LogP contribution in [0.3, 0.4) is 0 Å². The maximum absolute atomic E-state index is 12.9. The molecule has 3 rings (SSSR count). The number of nitrogens with one attached hydrogen (secondary N) is 2. The minimum absolute atomic E-state index is 0.0213. The normalized spacial score (nSPS) is 11.6. The fraction of sp³-hybridized carbons (Fsp3) is 0.130. The fourth-order valence-electron chi connectivity index (χ4n) is 3.02. The summed E-state index contributed by atoms with van der Waals surface area (Å²) in [5.41, 5.74) is 0.182. The Kier molecular flexibility index (Phi) is 6.87. The van der Waals surface area contributed by atoms with Crippen molar-refractivity contribution < 1.29 is 31.2 Å². The highest BCUT2D eigenvalue weighted by molar-refractivity contribution is 7.89. The zero-order valence-corrected chi connectivity index (χ0v) is 18.1. The van der Waals surface area contributed by atoms with Crippen LogP contribution in [0.5, 0.6) is 0 Å². The Morgan fingerprint density at radius 3 is 1.88 bits per heavy atom. The number of hydrogen-bond donors (Lipinski definition) is 2. The fourth-order valence-corrected chi connectivity index (χ4v) is 3.81. The lowest BCUT2D eigenvalue weighted by molar-refractivity contribution is -0.137. The van der Waals surface area contributed by atoms with Crippen molar-refractivity contribution in [3.63, 3.8) is 0 Å². The first kappa shape index (κ1) is 24.0. The van der Waals surface area contributed by atoms with Crippen molar-refractivity contribution in [2.24, 2.45) is 0 Å². The first-order valence-electron chi connectivity index (χ1n) is 9.57. The second-order valence-corrected chi connectivity index (χ2v) is 9.48. The molecule has 0 saturated heterocycles. The molecule has 0 aromatic heterocycles. The summed E-state index contributed by atoms with van der Waals surface area (Å²) in [5, 5.41) is 5.02. The van der Waals surface area contributed by atoms with Crippen LogP contribution < -0.4 is 10.6 Å². The molecule has 0 spiro atoms. The van der Waals surface area contributed by atoms with Crippen LogP contribution in [-0.2, 0) is 21.8 Å². The Labute approximate surface area is 188 Å². The van der Waals surface area contributed by atoms with E-state index < -0.39 is 33.4 Å². The van der Waals surface area contributed by atoms with E-state index in [1.165, 1.54) is 42.5 Å². The standard InChI is InChI=1S/C23H19F3N2O4S/c1-33(31,32)14-15-5-2-6-16(11-15)21(29)27-19-9-3-7-17(12-19)22(30)28-20-10-4-8-18(13-20)23(24,25)26/h2-13H,14H2,1H3,(H,27,29)(H,28,30). The third-order valence-electron chi connectivity index (χ3n) is 4.45.